The number of hydrogen-bond donors (Lipinski definition) is 2. The molecule has 0 saturated carbocycles. The second-order valence-corrected chi connectivity index (χ2v) is 9.29. The molecule has 1 N–H and O–H groups in total. The van der Waals surface area contributed by atoms with Crippen LogP contribution in [0.1, 0.15) is 11.8 Å². The van der Waals surface area contributed by atoms with Crippen molar-refractivity contribution < 1.29 is 9.84 Å². The molecule has 1 saturated heterocycles. The van der Waals surface area contributed by atoms with Gasteiger partial charge in [-0.3, -0.25) is 0 Å². The summed E-state index contributed by atoms with van der Waals surface area (Å²) in [7, 11) is 2.09. The molecule has 0 amide bonds. The number of hydrogen-bond acceptors (Lipinski definition) is 9. The third-order valence-electron chi connectivity index (χ3n) is 5.14. The van der Waals surface area contributed by atoms with Crippen LogP contribution in [0.5, 0.6) is 5.75 Å². The van der Waals surface area contributed by atoms with E-state index in [0.717, 1.165) is 35.8 Å². The number of aromatic nitrogens is 3. The van der Waals surface area contributed by atoms with Crippen molar-refractivity contribution in [2.24, 2.45) is 0 Å². The highest BCUT2D eigenvalue weighted by atomic mass is 32.1. The number of thiophene rings is 1. The van der Waals surface area contributed by atoms with Crippen LogP contribution in [0.4, 0.5) is 5.95 Å². The topological polar surface area (TPSA) is 74.6 Å². The van der Waals surface area contributed by atoms with Crippen molar-refractivity contribution in [3.8, 4) is 27.8 Å². The van der Waals surface area contributed by atoms with Crippen molar-refractivity contribution >= 4 is 29.9 Å². The number of thiol groups is 1. The van der Waals surface area contributed by atoms with Crippen molar-refractivity contribution in [3.05, 3.63) is 41.3 Å². The highest BCUT2D eigenvalue weighted by Crippen LogP contribution is 2.30. The zero-order valence-electron chi connectivity index (χ0n) is 17.7. The van der Waals surface area contributed by atoms with E-state index in [1.165, 1.54) is 4.88 Å². The molecule has 0 radical (unpaired) electrons. The van der Waals surface area contributed by atoms with Crippen LogP contribution in [0, 0.1) is 0 Å². The van der Waals surface area contributed by atoms with Crippen LogP contribution in [0.25, 0.3) is 22.1 Å². The molecule has 7 nitrogen and oxygen atoms in total. The number of rotatable bonds is 7. The number of aromatic hydroxyl groups is 1. The van der Waals surface area contributed by atoms with Gasteiger partial charge in [0.1, 0.15) is 5.75 Å². The van der Waals surface area contributed by atoms with Gasteiger partial charge in [0.05, 0.1) is 24.1 Å². The first-order chi connectivity index (χ1) is 15.0. The average molecular weight is 458 g/mol. The van der Waals surface area contributed by atoms with Gasteiger partial charge >= 0.3 is 0 Å². The lowest BCUT2D eigenvalue weighted by Crippen LogP contribution is -2.44. The fourth-order valence-electron chi connectivity index (χ4n) is 3.50. The minimum atomic E-state index is 0.176. The van der Waals surface area contributed by atoms with Gasteiger partial charge in [-0.15, -0.1) is 11.3 Å². The van der Waals surface area contributed by atoms with E-state index < -0.39 is 0 Å². The lowest BCUT2D eigenvalue weighted by Gasteiger charge is -2.33. The summed E-state index contributed by atoms with van der Waals surface area (Å²) in [4.78, 5) is 21.0. The van der Waals surface area contributed by atoms with Crippen LogP contribution in [0.3, 0.4) is 0 Å². The molecule has 1 aromatic carbocycles. The van der Waals surface area contributed by atoms with Crippen LogP contribution in [0.15, 0.2) is 36.4 Å². The summed E-state index contributed by atoms with van der Waals surface area (Å²) in [6.07, 6.45) is 0. The Morgan fingerprint density at radius 2 is 2.06 bits per heavy atom. The fraction of sp³-hybridized carbons (Fsp3) is 0.409. The summed E-state index contributed by atoms with van der Waals surface area (Å²) < 4.78 is 5.59. The highest BCUT2D eigenvalue weighted by molar-refractivity contribution is 7.80. The molecule has 4 rings (SSSR count). The summed E-state index contributed by atoms with van der Waals surface area (Å²) >= 11 is 6.01. The van der Waals surface area contributed by atoms with E-state index >= 15 is 0 Å². The van der Waals surface area contributed by atoms with Crippen molar-refractivity contribution in [2.45, 2.75) is 19.5 Å². The van der Waals surface area contributed by atoms with E-state index in [1.54, 1.807) is 29.5 Å². The van der Waals surface area contributed by atoms with E-state index in [4.69, 9.17) is 19.7 Å². The lowest BCUT2D eigenvalue weighted by molar-refractivity contribution is 0.0981. The maximum Gasteiger partial charge on any atom is 0.229 e. The largest absolute Gasteiger partial charge is 0.508 e. The molecule has 0 bridgehead atoms. The number of ether oxygens (including phenoxy) is 1. The molecule has 2 aromatic heterocycles. The van der Waals surface area contributed by atoms with Crippen molar-refractivity contribution in [1.82, 2.24) is 19.9 Å². The van der Waals surface area contributed by atoms with Gasteiger partial charge in [-0.2, -0.15) is 22.6 Å². The molecule has 9 heteroatoms. The van der Waals surface area contributed by atoms with E-state index in [1.807, 2.05) is 6.07 Å². The molecular weight excluding hydrogens is 430 g/mol. The molecule has 0 spiro atoms. The summed E-state index contributed by atoms with van der Waals surface area (Å²) in [6.45, 7) is 5.92. The molecule has 31 heavy (non-hydrogen) atoms. The Balaban J connectivity index is 1.72. The van der Waals surface area contributed by atoms with Crippen LogP contribution in [0.2, 0.25) is 0 Å². The number of anilines is 1. The number of phenols is 1. The molecule has 0 aliphatic carbocycles. The molecular formula is C22H27N5O2S2. The lowest BCUT2D eigenvalue weighted by atomic mass is 10.2. The van der Waals surface area contributed by atoms with Gasteiger partial charge < -0.3 is 19.6 Å². The number of phenolic OH excluding ortho intramolecular Hbond substituents is 1. The quantitative estimate of drug-likeness (QED) is 0.526. The minimum Gasteiger partial charge on any atom is -0.508 e. The number of benzene rings is 1. The minimum absolute atomic E-state index is 0.176. The highest BCUT2D eigenvalue weighted by Gasteiger charge is 2.24. The maximum atomic E-state index is 9.95. The summed E-state index contributed by atoms with van der Waals surface area (Å²) in [5, 5.41) is 9.95. The fourth-order valence-corrected chi connectivity index (χ4v) is 4.86. The SMILES string of the molecule is C[C@@H]1COCCN1c1nc(-c2cccc(O)c2)nc(-c2ccc(CN(C)CCS)s2)n1. The molecule has 1 aliphatic heterocycles. The molecule has 0 unspecified atom stereocenters. The van der Waals surface area contributed by atoms with Gasteiger partial charge in [0.15, 0.2) is 11.6 Å². The van der Waals surface area contributed by atoms with Crippen LogP contribution >= 0.6 is 24.0 Å². The summed E-state index contributed by atoms with van der Waals surface area (Å²) in [5.41, 5.74) is 0.760. The van der Waals surface area contributed by atoms with Gasteiger partial charge in [0.2, 0.25) is 5.95 Å². The van der Waals surface area contributed by atoms with Gasteiger partial charge in [0.25, 0.3) is 0 Å². The smallest absolute Gasteiger partial charge is 0.229 e. The standard InChI is InChI=1S/C22H27N5O2S2/c1-15-14-29-10-8-27(15)22-24-20(16-4-3-5-17(28)12-16)23-21(25-22)19-7-6-18(31-19)13-26(2)9-11-30/h3-7,12,15,28,30H,8-11,13-14H2,1-2H3/t15-/m1/s1. The second kappa shape index (κ2) is 9.95. The zero-order chi connectivity index (χ0) is 21.8. The second-order valence-electron chi connectivity index (χ2n) is 7.68. The average Bonchev–Trinajstić information content (AvgIpc) is 3.22. The van der Waals surface area contributed by atoms with E-state index in [9.17, 15) is 5.11 Å². The predicted octanol–water partition coefficient (Wildman–Crippen LogP) is 3.56. The van der Waals surface area contributed by atoms with Crippen LogP contribution < -0.4 is 4.90 Å². The molecule has 1 atom stereocenters. The Bertz CT molecular complexity index is 1030. The van der Waals surface area contributed by atoms with Gasteiger partial charge in [-0.25, -0.2) is 4.98 Å². The van der Waals surface area contributed by atoms with Gasteiger partial charge in [-0.1, -0.05) is 12.1 Å². The van der Waals surface area contributed by atoms with Crippen LogP contribution in [-0.4, -0.2) is 70.1 Å². The van der Waals surface area contributed by atoms with E-state index in [2.05, 4.69) is 48.5 Å². The normalized spacial score (nSPS) is 16.8. The van der Waals surface area contributed by atoms with Crippen LogP contribution in [-0.2, 0) is 11.3 Å². The van der Waals surface area contributed by atoms with Gasteiger partial charge in [-0.05, 0) is 38.2 Å². The molecule has 1 aliphatic rings. The molecule has 3 heterocycles. The van der Waals surface area contributed by atoms with E-state index in [-0.39, 0.29) is 11.8 Å². The number of morpholine rings is 1. The van der Waals surface area contributed by atoms with Crippen molar-refractivity contribution in [1.29, 1.82) is 0 Å². The monoisotopic (exact) mass is 457 g/mol. The Labute approximate surface area is 192 Å². The molecule has 1 fully saturated rings. The predicted molar refractivity (Wildman–Crippen MR) is 128 cm³/mol. The third kappa shape index (κ3) is 5.35. The first-order valence-corrected chi connectivity index (χ1v) is 11.8. The van der Waals surface area contributed by atoms with Gasteiger partial charge in [0, 0.05) is 35.8 Å². The number of nitrogens with zero attached hydrogens (tertiary/aromatic N) is 5. The summed E-state index contributed by atoms with van der Waals surface area (Å²) in [6, 6.07) is 11.4. The molecule has 164 valence electrons. The van der Waals surface area contributed by atoms with Crippen molar-refractivity contribution in [3.63, 3.8) is 0 Å². The maximum absolute atomic E-state index is 9.95. The third-order valence-corrected chi connectivity index (χ3v) is 6.41. The molecule has 3 aromatic rings. The Kier molecular flexibility index (Phi) is 7.06. The first kappa shape index (κ1) is 22.0. The summed E-state index contributed by atoms with van der Waals surface area (Å²) in [5.74, 6) is 2.86. The Morgan fingerprint density at radius 3 is 2.84 bits per heavy atom. The first-order valence-electron chi connectivity index (χ1n) is 10.3. The Hall–Kier alpha value is -2.20. The van der Waals surface area contributed by atoms with Crippen molar-refractivity contribution in [2.75, 3.05) is 44.0 Å². The van der Waals surface area contributed by atoms with E-state index in [0.29, 0.717) is 30.8 Å². The Morgan fingerprint density at radius 1 is 1.23 bits per heavy atom. The zero-order valence-corrected chi connectivity index (χ0v) is 19.4.